The van der Waals surface area contributed by atoms with Crippen LogP contribution in [-0.2, 0) is 4.79 Å². The molecule has 1 saturated heterocycles. The van der Waals surface area contributed by atoms with Gasteiger partial charge in [-0.05, 0) is 43.4 Å². The van der Waals surface area contributed by atoms with E-state index < -0.39 is 6.36 Å². The van der Waals surface area contributed by atoms with Crippen LogP contribution in [0.5, 0.6) is 5.75 Å². The summed E-state index contributed by atoms with van der Waals surface area (Å²) in [4.78, 5) is 12.3. The van der Waals surface area contributed by atoms with Gasteiger partial charge in [-0.2, -0.15) is 0 Å². The van der Waals surface area contributed by atoms with Crippen LogP contribution >= 0.6 is 0 Å². The Hall–Kier alpha value is -2.02. The highest BCUT2D eigenvalue weighted by molar-refractivity contribution is 5.92. The number of benzene rings is 1. The first-order valence-electron chi connectivity index (χ1n) is 8.99. The zero-order valence-electron chi connectivity index (χ0n) is 14.4. The van der Waals surface area contributed by atoms with E-state index in [1.165, 1.54) is 49.6 Å². The first-order chi connectivity index (χ1) is 12.4. The Morgan fingerprint density at radius 3 is 2.77 bits per heavy atom. The molecule has 1 aromatic carbocycles. The predicted octanol–water partition coefficient (Wildman–Crippen LogP) is 3.84. The summed E-state index contributed by atoms with van der Waals surface area (Å²) in [6.45, 7) is 0.873. The molecule has 7 heteroatoms. The number of carbonyl (C=O) groups excluding carboxylic acids is 1. The number of fused-ring (bicyclic) bond motifs is 1. The zero-order valence-corrected chi connectivity index (χ0v) is 14.4. The Kier molecular flexibility index (Phi) is 5.86. The van der Waals surface area contributed by atoms with Gasteiger partial charge in [0.25, 0.3) is 0 Å². The van der Waals surface area contributed by atoms with Crippen molar-refractivity contribution in [2.24, 2.45) is 11.8 Å². The Morgan fingerprint density at radius 1 is 1.19 bits per heavy atom. The highest BCUT2D eigenvalue weighted by atomic mass is 19.4. The molecule has 0 aromatic heterocycles. The van der Waals surface area contributed by atoms with Crippen molar-refractivity contribution in [3.8, 4) is 5.75 Å². The van der Waals surface area contributed by atoms with E-state index in [9.17, 15) is 18.0 Å². The topological polar surface area (TPSA) is 50.4 Å². The molecule has 1 heterocycles. The van der Waals surface area contributed by atoms with Crippen LogP contribution in [0, 0.1) is 11.8 Å². The Labute approximate surface area is 150 Å². The molecule has 3 unspecified atom stereocenters. The normalized spacial score (nSPS) is 26.3. The number of halogens is 3. The summed E-state index contributed by atoms with van der Waals surface area (Å²) in [6, 6.07) is 5.74. The molecule has 0 bridgehead atoms. The minimum Gasteiger partial charge on any atom is -0.405 e. The fraction of sp³-hybridized carbons (Fsp3) is 0.526. The van der Waals surface area contributed by atoms with Crippen molar-refractivity contribution in [1.82, 2.24) is 10.6 Å². The third kappa shape index (κ3) is 5.00. The van der Waals surface area contributed by atoms with Crippen LogP contribution in [0.4, 0.5) is 13.2 Å². The molecule has 4 nitrogen and oxygen atoms in total. The first kappa shape index (κ1) is 18.8. The number of carbonyl (C=O) groups is 1. The summed E-state index contributed by atoms with van der Waals surface area (Å²) in [7, 11) is 0. The lowest BCUT2D eigenvalue weighted by Crippen LogP contribution is -2.56. The fourth-order valence-corrected chi connectivity index (χ4v) is 3.97. The fourth-order valence-electron chi connectivity index (χ4n) is 3.97. The molecule has 1 saturated carbocycles. The number of hydrogen-bond acceptors (Lipinski definition) is 3. The summed E-state index contributed by atoms with van der Waals surface area (Å²) in [5.74, 6) is 0.415. The number of amides is 1. The van der Waals surface area contributed by atoms with Crippen molar-refractivity contribution in [2.75, 3.05) is 6.54 Å². The van der Waals surface area contributed by atoms with Gasteiger partial charge in [0.2, 0.25) is 5.91 Å². The van der Waals surface area contributed by atoms with Gasteiger partial charge < -0.3 is 10.1 Å². The summed E-state index contributed by atoms with van der Waals surface area (Å²) in [6.07, 6.45) is 3.61. The smallest absolute Gasteiger partial charge is 0.405 e. The molecule has 1 aliphatic heterocycles. The van der Waals surface area contributed by atoms with Crippen LogP contribution < -0.4 is 15.4 Å². The zero-order chi connectivity index (χ0) is 18.6. The molecular weight excluding hydrogens is 345 g/mol. The number of hydrogen-bond donors (Lipinski definition) is 2. The Balaban J connectivity index is 1.63. The van der Waals surface area contributed by atoms with E-state index in [4.69, 9.17) is 0 Å². The summed E-state index contributed by atoms with van der Waals surface area (Å²) < 4.78 is 41.3. The third-order valence-electron chi connectivity index (χ3n) is 5.13. The van der Waals surface area contributed by atoms with E-state index in [1.807, 2.05) is 0 Å². The molecule has 1 aromatic rings. The quantitative estimate of drug-likeness (QED) is 0.794. The van der Waals surface area contributed by atoms with Crippen molar-refractivity contribution in [3.63, 3.8) is 0 Å². The molecule has 142 valence electrons. The van der Waals surface area contributed by atoms with Crippen molar-refractivity contribution in [2.45, 2.75) is 44.6 Å². The summed E-state index contributed by atoms with van der Waals surface area (Å²) >= 11 is 0. The van der Waals surface area contributed by atoms with E-state index in [-0.39, 0.29) is 23.4 Å². The van der Waals surface area contributed by atoms with Crippen LogP contribution in [0.15, 0.2) is 30.3 Å². The maximum absolute atomic E-state index is 12.5. The molecule has 0 radical (unpaired) electrons. The van der Waals surface area contributed by atoms with Gasteiger partial charge in [-0.1, -0.05) is 37.5 Å². The minimum absolute atomic E-state index is 0.0760. The lowest BCUT2D eigenvalue weighted by Gasteiger charge is -2.42. The van der Waals surface area contributed by atoms with E-state index in [2.05, 4.69) is 15.4 Å². The lowest BCUT2D eigenvalue weighted by molar-refractivity contribution is -0.274. The number of rotatable bonds is 4. The first-order valence-corrected chi connectivity index (χ1v) is 8.99. The average molecular weight is 368 g/mol. The molecule has 3 rings (SSSR count). The number of ether oxygens (including phenoxy) is 1. The van der Waals surface area contributed by atoms with Crippen LogP contribution in [0.3, 0.4) is 0 Å². The summed E-state index contributed by atoms with van der Waals surface area (Å²) in [5.41, 5.74) is 0.201. The Bertz CT molecular complexity index is 658. The highest BCUT2D eigenvalue weighted by Gasteiger charge is 2.35. The largest absolute Gasteiger partial charge is 0.573 e. The van der Waals surface area contributed by atoms with Gasteiger partial charge in [-0.15, -0.1) is 13.2 Å². The van der Waals surface area contributed by atoms with Crippen LogP contribution in [0.25, 0.3) is 6.08 Å². The van der Waals surface area contributed by atoms with Crippen molar-refractivity contribution < 1.29 is 22.7 Å². The highest BCUT2D eigenvalue weighted by Crippen LogP contribution is 2.36. The molecule has 26 heavy (non-hydrogen) atoms. The van der Waals surface area contributed by atoms with E-state index in [0.29, 0.717) is 11.8 Å². The number of para-hydroxylation sites is 1. The van der Waals surface area contributed by atoms with Crippen LogP contribution in [-0.4, -0.2) is 25.0 Å². The van der Waals surface area contributed by atoms with Crippen molar-refractivity contribution in [1.29, 1.82) is 0 Å². The van der Waals surface area contributed by atoms with Gasteiger partial charge in [0.1, 0.15) is 5.75 Å². The van der Waals surface area contributed by atoms with Crippen molar-refractivity contribution in [3.05, 3.63) is 35.9 Å². The van der Waals surface area contributed by atoms with Gasteiger partial charge in [0.15, 0.2) is 0 Å². The van der Waals surface area contributed by atoms with Gasteiger partial charge >= 0.3 is 6.36 Å². The number of nitrogens with one attached hydrogen (secondary N) is 2. The average Bonchev–Trinajstić information content (AvgIpc) is 2.60. The molecule has 1 amide bonds. The minimum atomic E-state index is -4.77. The van der Waals surface area contributed by atoms with Gasteiger partial charge in [0, 0.05) is 11.6 Å². The Morgan fingerprint density at radius 2 is 1.96 bits per heavy atom. The lowest BCUT2D eigenvalue weighted by atomic mass is 9.74. The SMILES string of the molecule is O=C(/C=C/c1ccccc1OC(F)(F)F)NC1NCCC2CCCCC21. The molecular formula is C19H23F3N2O2. The molecule has 3 atom stereocenters. The summed E-state index contributed by atoms with van der Waals surface area (Å²) in [5, 5.41) is 6.31. The van der Waals surface area contributed by atoms with Crippen LogP contribution in [0.1, 0.15) is 37.7 Å². The van der Waals surface area contributed by atoms with E-state index in [0.717, 1.165) is 19.4 Å². The second-order valence-electron chi connectivity index (χ2n) is 6.86. The van der Waals surface area contributed by atoms with Gasteiger partial charge in [-0.3, -0.25) is 10.1 Å². The maximum Gasteiger partial charge on any atom is 0.573 e. The second kappa shape index (κ2) is 8.12. The number of piperidine rings is 1. The van der Waals surface area contributed by atoms with E-state index in [1.54, 1.807) is 6.07 Å². The molecule has 0 spiro atoms. The standard InChI is InChI=1S/C19H23F3N2O2/c20-19(21,22)26-16-8-4-2-6-14(16)9-10-17(25)24-18-15-7-3-1-5-13(15)11-12-23-18/h2,4,6,8-10,13,15,18,23H,1,3,5,7,11-12H2,(H,24,25)/b10-9+. The van der Waals surface area contributed by atoms with E-state index >= 15 is 0 Å². The molecule has 2 N–H and O–H groups in total. The predicted molar refractivity (Wildman–Crippen MR) is 92.2 cm³/mol. The van der Waals surface area contributed by atoms with Crippen molar-refractivity contribution >= 4 is 12.0 Å². The van der Waals surface area contributed by atoms with Gasteiger partial charge in [0.05, 0.1) is 6.17 Å². The molecule has 2 fully saturated rings. The van der Waals surface area contributed by atoms with Gasteiger partial charge in [-0.25, -0.2) is 0 Å². The second-order valence-corrected chi connectivity index (χ2v) is 6.86. The maximum atomic E-state index is 12.5. The molecule has 1 aliphatic carbocycles. The monoisotopic (exact) mass is 368 g/mol. The third-order valence-corrected chi connectivity index (χ3v) is 5.13. The number of alkyl halides is 3. The van der Waals surface area contributed by atoms with Crippen LogP contribution in [0.2, 0.25) is 0 Å². The molecule has 2 aliphatic rings.